The number of aliphatic hydroxyl groups excluding tert-OH is 3. The van der Waals surface area contributed by atoms with Crippen LogP contribution in [0.5, 0.6) is 0 Å². The first-order valence-corrected chi connectivity index (χ1v) is 3.74. The summed E-state index contributed by atoms with van der Waals surface area (Å²) in [6, 6.07) is 0. The lowest BCUT2D eigenvalue weighted by Gasteiger charge is -1.96. The van der Waals surface area contributed by atoms with Crippen molar-refractivity contribution >= 4 is 5.97 Å². The molecule has 0 radical (unpaired) electrons. The van der Waals surface area contributed by atoms with E-state index in [-0.39, 0.29) is 18.8 Å². The Morgan fingerprint density at radius 1 is 1.29 bits per heavy atom. The zero-order chi connectivity index (χ0) is 12.1. The van der Waals surface area contributed by atoms with Gasteiger partial charge < -0.3 is 20.4 Å². The number of aliphatic carboxylic acids is 1. The van der Waals surface area contributed by atoms with Crippen LogP contribution in [0.25, 0.3) is 0 Å². The van der Waals surface area contributed by atoms with E-state index in [2.05, 4.69) is 19.7 Å². The molecule has 0 rings (SSSR count). The van der Waals surface area contributed by atoms with Crippen LogP contribution in [0.3, 0.4) is 0 Å². The lowest BCUT2D eigenvalue weighted by Crippen LogP contribution is -2.15. The highest BCUT2D eigenvalue weighted by molar-refractivity contribution is 5.84. The van der Waals surface area contributed by atoms with Crippen molar-refractivity contribution in [1.29, 1.82) is 0 Å². The van der Waals surface area contributed by atoms with Crippen molar-refractivity contribution in [3.63, 3.8) is 0 Å². The van der Waals surface area contributed by atoms with E-state index < -0.39 is 12.1 Å². The van der Waals surface area contributed by atoms with Crippen LogP contribution in [0.2, 0.25) is 0 Å². The molecule has 0 aliphatic carbocycles. The van der Waals surface area contributed by atoms with Gasteiger partial charge in [-0.05, 0) is 6.92 Å². The summed E-state index contributed by atoms with van der Waals surface area (Å²) in [4.78, 5) is 9.60. The highest BCUT2D eigenvalue weighted by Gasteiger charge is 1.93. The molecular weight excluding hydrogens is 188 g/mol. The number of hydrogen-bond acceptors (Lipinski definition) is 4. The zero-order valence-electron chi connectivity index (χ0n) is 8.31. The second kappa shape index (κ2) is 14.4. The summed E-state index contributed by atoms with van der Waals surface area (Å²) in [6.07, 6.45) is -0.954. The number of carbonyl (C=O) groups is 1. The first-order valence-electron chi connectivity index (χ1n) is 3.74. The molecule has 84 valence electrons. The Morgan fingerprint density at radius 2 is 1.50 bits per heavy atom. The van der Waals surface area contributed by atoms with Crippen LogP contribution in [0.15, 0.2) is 25.3 Å². The second-order valence-corrected chi connectivity index (χ2v) is 2.10. The van der Waals surface area contributed by atoms with Gasteiger partial charge >= 0.3 is 5.97 Å². The van der Waals surface area contributed by atoms with Gasteiger partial charge in [0.25, 0.3) is 0 Å². The smallest absolute Gasteiger partial charge is 0.330 e. The quantitative estimate of drug-likeness (QED) is 0.378. The highest BCUT2D eigenvalue weighted by atomic mass is 16.4. The standard InChI is InChI=1S/C4H6O2.C3H8O3.C2H4/c1-3(2)4(5)6;4-1-3(6)2-5;1-2/h1H2,2H3,(H,5,6);3-6H,1-2H2;1-2H2. The molecule has 4 N–H and O–H groups in total. The molecule has 5 nitrogen and oxygen atoms in total. The Labute approximate surface area is 83.6 Å². The van der Waals surface area contributed by atoms with Gasteiger partial charge in [0.1, 0.15) is 6.10 Å². The third-order valence-electron chi connectivity index (χ3n) is 0.787. The Morgan fingerprint density at radius 3 is 1.50 bits per heavy atom. The average Bonchev–Trinajstić information content (AvgIpc) is 2.20. The van der Waals surface area contributed by atoms with E-state index in [1.807, 2.05) is 0 Å². The molecule has 5 heteroatoms. The molecule has 0 aromatic carbocycles. The molecule has 0 aliphatic heterocycles. The molecule has 0 aromatic heterocycles. The van der Waals surface area contributed by atoms with Crippen molar-refractivity contribution < 1.29 is 25.2 Å². The minimum atomic E-state index is -0.954. The van der Waals surface area contributed by atoms with E-state index in [1.54, 1.807) is 0 Å². The van der Waals surface area contributed by atoms with E-state index in [4.69, 9.17) is 20.4 Å². The first kappa shape index (κ1) is 18.6. The van der Waals surface area contributed by atoms with E-state index in [9.17, 15) is 4.79 Å². The van der Waals surface area contributed by atoms with Crippen LogP contribution in [0.1, 0.15) is 6.92 Å². The minimum absolute atomic E-state index is 0.176. The molecular formula is C9H18O5. The summed E-state index contributed by atoms with van der Waals surface area (Å²) in [5.74, 6) is -0.935. The summed E-state index contributed by atoms with van der Waals surface area (Å²) < 4.78 is 0. The molecule has 0 aliphatic rings. The van der Waals surface area contributed by atoms with Gasteiger partial charge in [-0.2, -0.15) is 0 Å². The first-order chi connectivity index (χ1) is 6.45. The molecule has 0 aromatic rings. The second-order valence-electron chi connectivity index (χ2n) is 2.10. The van der Waals surface area contributed by atoms with Gasteiger partial charge in [0.15, 0.2) is 0 Å². The van der Waals surface area contributed by atoms with Gasteiger partial charge in [0.2, 0.25) is 0 Å². The van der Waals surface area contributed by atoms with Gasteiger partial charge in [-0.1, -0.05) is 6.58 Å². The maximum absolute atomic E-state index is 9.60. The van der Waals surface area contributed by atoms with Crippen molar-refractivity contribution in [2.45, 2.75) is 13.0 Å². The lowest BCUT2D eigenvalue weighted by molar-refractivity contribution is -0.132. The van der Waals surface area contributed by atoms with Crippen molar-refractivity contribution in [3.8, 4) is 0 Å². The molecule has 0 saturated carbocycles. The topological polar surface area (TPSA) is 98.0 Å². The summed E-state index contributed by atoms with van der Waals surface area (Å²) in [5, 5.41) is 31.9. The van der Waals surface area contributed by atoms with Gasteiger partial charge in [-0.15, -0.1) is 13.2 Å². The van der Waals surface area contributed by atoms with Crippen LogP contribution >= 0.6 is 0 Å². The largest absolute Gasteiger partial charge is 0.478 e. The van der Waals surface area contributed by atoms with Crippen LogP contribution in [0.4, 0.5) is 0 Å². The van der Waals surface area contributed by atoms with E-state index in [0.717, 1.165) is 0 Å². The number of carboxylic acid groups (broad SMARTS) is 1. The van der Waals surface area contributed by atoms with E-state index >= 15 is 0 Å². The average molecular weight is 206 g/mol. The van der Waals surface area contributed by atoms with Crippen LogP contribution in [-0.2, 0) is 4.79 Å². The Hall–Kier alpha value is -1.17. The summed E-state index contributed by atoms with van der Waals surface area (Å²) >= 11 is 0. The summed E-state index contributed by atoms with van der Waals surface area (Å²) in [6.45, 7) is 9.87. The van der Waals surface area contributed by atoms with E-state index in [0.29, 0.717) is 0 Å². The van der Waals surface area contributed by atoms with E-state index in [1.165, 1.54) is 6.92 Å². The molecule has 0 fully saturated rings. The van der Waals surface area contributed by atoms with Crippen LogP contribution < -0.4 is 0 Å². The molecule has 0 atom stereocenters. The molecule has 0 amide bonds. The third kappa shape index (κ3) is 22.4. The maximum Gasteiger partial charge on any atom is 0.330 e. The fraction of sp³-hybridized carbons (Fsp3) is 0.444. The van der Waals surface area contributed by atoms with Gasteiger partial charge in [0, 0.05) is 5.57 Å². The minimum Gasteiger partial charge on any atom is -0.478 e. The molecule has 0 heterocycles. The fourth-order valence-corrected chi connectivity index (χ4v) is 0.0577. The van der Waals surface area contributed by atoms with Gasteiger partial charge in [0.05, 0.1) is 13.2 Å². The number of hydrogen-bond donors (Lipinski definition) is 4. The molecule has 0 unspecified atom stereocenters. The van der Waals surface area contributed by atoms with Crippen molar-refractivity contribution in [3.05, 3.63) is 25.3 Å². The number of rotatable bonds is 3. The van der Waals surface area contributed by atoms with Gasteiger partial charge in [-0.25, -0.2) is 4.79 Å². The SMILES string of the molecule is C=C.C=C(C)C(=O)O.OCC(O)CO. The Bertz CT molecular complexity index is 139. The predicted octanol–water partition coefficient (Wildman–Crippen LogP) is -0.219. The monoisotopic (exact) mass is 206 g/mol. The van der Waals surface area contributed by atoms with Crippen LogP contribution in [-0.4, -0.2) is 45.7 Å². The maximum atomic E-state index is 9.60. The summed E-state index contributed by atoms with van der Waals surface area (Å²) in [7, 11) is 0. The van der Waals surface area contributed by atoms with Crippen molar-refractivity contribution in [2.75, 3.05) is 13.2 Å². The van der Waals surface area contributed by atoms with Crippen molar-refractivity contribution in [2.24, 2.45) is 0 Å². The van der Waals surface area contributed by atoms with Gasteiger partial charge in [-0.3, -0.25) is 0 Å². The molecule has 0 spiro atoms. The highest BCUT2D eigenvalue weighted by Crippen LogP contribution is 1.81. The number of carboxylic acids is 1. The number of aliphatic hydroxyl groups is 3. The summed E-state index contributed by atoms with van der Waals surface area (Å²) in [5.41, 5.74) is 0.176. The Balaban J connectivity index is -0.000000147. The zero-order valence-corrected chi connectivity index (χ0v) is 8.31. The molecule has 14 heavy (non-hydrogen) atoms. The van der Waals surface area contributed by atoms with Crippen molar-refractivity contribution in [1.82, 2.24) is 0 Å². The third-order valence-corrected chi connectivity index (χ3v) is 0.787. The predicted molar refractivity (Wildman–Crippen MR) is 53.9 cm³/mol. The normalized spacial score (nSPS) is 7.79. The van der Waals surface area contributed by atoms with Crippen LogP contribution in [0, 0.1) is 0 Å². The molecule has 0 saturated heterocycles. The fourth-order valence-electron chi connectivity index (χ4n) is 0.0577. The Kier molecular flexibility index (Phi) is 19.1. The molecule has 0 bridgehead atoms. The lowest BCUT2D eigenvalue weighted by atomic mass is 10.4.